The van der Waals surface area contributed by atoms with Crippen LogP contribution in [-0.4, -0.2) is 62.8 Å². The maximum atomic E-state index is 12.0. The zero-order valence-corrected chi connectivity index (χ0v) is 18.9. The number of benzene rings is 1. The lowest BCUT2D eigenvalue weighted by Crippen LogP contribution is -2.46. The van der Waals surface area contributed by atoms with Crippen LogP contribution in [-0.2, 0) is 16.0 Å². The summed E-state index contributed by atoms with van der Waals surface area (Å²) in [6.07, 6.45) is 2.43. The van der Waals surface area contributed by atoms with E-state index in [9.17, 15) is 4.79 Å². The lowest BCUT2D eigenvalue weighted by molar-refractivity contribution is -0.149. The van der Waals surface area contributed by atoms with Gasteiger partial charge in [0.05, 0.1) is 25.7 Å². The number of nitrogens with one attached hydrogen (secondary N) is 1. The van der Waals surface area contributed by atoms with Crippen molar-refractivity contribution in [2.45, 2.75) is 47.0 Å². The number of rotatable bonds is 10. The molecule has 30 heavy (non-hydrogen) atoms. The Labute approximate surface area is 180 Å². The summed E-state index contributed by atoms with van der Waals surface area (Å²) in [6, 6.07) is 6.08. The summed E-state index contributed by atoms with van der Waals surface area (Å²) < 4.78 is 16.5. The van der Waals surface area contributed by atoms with Crippen molar-refractivity contribution in [2.75, 3.05) is 46.0 Å². The monoisotopic (exact) mass is 419 g/mol. The van der Waals surface area contributed by atoms with Crippen LogP contribution in [0.5, 0.6) is 11.5 Å². The molecule has 1 aromatic rings. The van der Waals surface area contributed by atoms with Crippen molar-refractivity contribution < 1.29 is 19.0 Å². The van der Waals surface area contributed by atoms with Crippen molar-refractivity contribution in [2.24, 2.45) is 10.9 Å². The van der Waals surface area contributed by atoms with Crippen LogP contribution in [0.1, 0.15) is 46.1 Å². The number of aliphatic imine (C=N–C) groups is 1. The number of hydrogen-bond donors (Lipinski definition) is 1. The average Bonchev–Trinajstić information content (AvgIpc) is 2.75. The molecule has 7 nitrogen and oxygen atoms in total. The molecule has 0 unspecified atom stereocenters. The third kappa shape index (κ3) is 7.11. The first-order chi connectivity index (χ1) is 14.6. The number of nitrogens with zero attached hydrogens (tertiary/aromatic N) is 2. The van der Waals surface area contributed by atoms with E-state index in [1.54, 1.807) is 0 Å². The van der Waals surface area contributed by atoms with Gasteiger partial charge in [0.25, 0.3) is 0 Å². The molecule has 1 heterocycles. The summed E-state index contributed by atoms with van der Waals surface area (Å²) in [5, 5.41) is 3.38. The summed E-state index contributed by atoms with van der Waals surface area (Å²) in [6.45, 7) is 12.6. The second-order valence-corrected chi connectivity index (χ2v) is 7.15. The lowest BCUT2D eigenvalue weighted by atomic mass is 9.97. The van der Waals surface area contributed by atoms with Crippen LogP contribution in [0.15, 0.2) is 23.2 Å². The van der Waals surface area contributed by atoms with E-state index in [4.69, 9.17) is 19.2 Å². The van der Waals surface area contributed by atoms with E-state index >= 15 is 0 Å². The highest BCUT2D eigenvalue weighted by Gasteiger charge is 2.27. The second kappa shape index (κ2) is 13.0. The molecule has 1 saturated heterocycles. The van der Waals surface area contributed by atoms with E-state index in [0.29, 0.717) is 26.4 Å². The molecule has 168 valence electrons. The molecule has 0 spiro atoms. The number of carbonyl (C=O) groups is 1. The van der Waals surface area contributed by atoms with Gasteiger partial charge in [-0.3, -0.25) is 9.79 Å². The predicted molar refractivity (Wildman–Crippen MR) is 119 cm³/mol. The highest BCUT2D eigenvalue weighted by molar-refractivity contribution is 5.80. The molecule has 1 aliphatic heterocycles. The number of guanidine groups is 1. The minimum absolute atomic E-state index is 0.00455. The molecule has 0 atom stereocenters. The Morgan fingerprint density at radius 2 is 1.77 bits per heavy atom. The quantitative estimate of drug-likeness (QED) is 0.357. The van der Waals surface area contributed by atoms with Crippen molar-refractivity contribution in [3.05, 3.63) is 23.8 Å². The normalized spacial score (nSPS) is 15.1. The number of ether oxygens (including phenoxy) is 3. The standard InChI is InChI=1S/C23H37N3O4/c1-5-24-23(26-15-12-19(13-16-26)22(27)30-8-4)25-14-11-18-9-10-20(28-6-2)21(17-18)29-7-3/h9-10,17,19H,5-8,11-16H2,1-4H3,(H,24,25). The van der Waals surface area contributed by atoms with Crippen LogP contribution >= 0.6 is 0 Å². The Morgan fingerprint density at radius 3 is 2.40 bits per heavy atom. The summed E-state index contributed by atoms with van der Waals surface area (Å²) in [5.74, 6) is 2.42. The Hall–Kier alpha value is -2.44. The Morgan fingerprint density at radius 1 is 1.07 bits per heavy atom. The highest BCUT2D eigenvalue weighted by Crippen LogP contribution is 2.28. The zero-order valence-electron chi connectivity index (χ0n) is 18.9. The number of esters is 1. The van der Waals surface area contributed by atoms with Gasteiger partial charge in [-0.05, 0) is 64.7 Å². The minimum atomic E-state index is -0.0697. The number of carbonyl (C=O) groups excluding carboxylic acids is 1. The van der Waals surface area contributed by atoms with Crippen LogP contribution in [0, 0.1) is 5.92 Å². The highest BCUT2D eigenvalue weighted by atomic mass is 16.5. The maximum absolute atomic E-state index is 12.0. The van der Waals surface area contributed by atoms with Crippen LogP contribution < -0.4 is 14.8 Å². The van der Waals surface area contributed by atoms with Gasteiger partial charge in [-0.2, -0.15) is 0 Å². The van der Waals surface area contributed by atoms with E-state index < -0.39 is 0 Å². The van der Waals surface area contributed by atoms with Crippen LogP contribution in [0.25, 0.3) is 0 Å². The molecule has 1 N–H and O–H groups in total. The Bertz CT molecular complexity index is 685. The molecule has 0 saturated carbocycles. The van der Waals surface area contributed by atoms with Gasteiger partial charge in [-0.25, -0.2) is 0 Å². The van der Waals surface area contributed by atoms with E-state index in [0.717, 1.165) is 56.4 Å². The van der Waals surface area contributed by atoms with E-state index in [1.807, 2.05) is 32.9 Å². The number of piperidine rings is 1. The molecule has 1 aromatic carbocycles. The van der Waals surface area contributed by atoms with Crippen molar-refractivity contribution in [3.8, 4) is 11.5 Å². The molecular formula is C23H37N3O4. The van der Waals surface area contributed by atoms with Gasteiger partial charge in [0.1, 0.15) is 0 Å². The SMILES string of the molecule is CCNC(=NCCc1ccc(OCC)c(OCC)c1)N1CCC(C(=O)OCC)CC1. The summed E-state index contributed by atoms with van der Waals surface area (Å²) in [7, 11) is 0. The molecule has 0 radical (unpaired) electrons. The predicted octanol–water partition coefficient (Wildman–Crippen LogP) is 3.27. The summed E-state index contributed by atoms with van der Waals surface area (Å²) in [4.78, 5) is 19.0. The van der Waals surface area contributed by atoms with Gasteiger partial charge in [0.2, 0.25) is 0 Å². The lowest BCUT2D eigenvalue weighted by Gasteiger charge is -2.33. The van der Waals surface area contributed by atoms with Crippen molar-refractivity contribution in [1.29, 1.82) is 0 Å². The fourth-order valence-corrected chi connectivity index (χ4v) is 3.55. The topological polar surface area (TPSA) is 72.4 Å². The smallest absolute Gasteiger partial charge is 0.309 e. The molecule has 1 fully saturated rings. The van der Waals surface area contributed by atoms with Crippen LogP contribution in [0.3, 0.4) is 0 Å². The summed E-state index contributed by atoms with van der Waals surface area (Å²) in [5.41, 5.74) is 1.17. The van der Waals surface area contributed by atoms with E-state index in [-0.39, 0.29) is 11.9 Å². The van der Waals surface area contributed by atoms with Gasteiger partial charge in [0, 0.05) is 26.2 Å². The number of likely N-dealkylation sites (tertiary alicyclic amines) is 1. The molecule has 0 aliphatic carbocycles. The fourth-order valence-electron chi connectivity index (χ4n) is 3.55. The fraction of sp³-hybridized carbons (Fsp3) is 0.652. The zero-order chi connectivity index (χ0) is 21.8. The minimum Gasteiger partial charge on any atom is -0.490 e. The molecule has 0 aromatic heterocycles. The first-order valence-corrected chi connectivity index (χ1v) is 11.2. The van der Waals surface area contributed by atoms with Crippen molar-refractivity contribution in [1.82, 2.24) is 10.2 Å². The first kappa shape index (κ1) is 23.8. The molecular weight excluding hydrogens is 382 g/mol. The van der Waals surface area contributed by atoms with Gasteiger partial charge >= 0.3 is 5.97 Å². The largest absolute Gasteiger partial charge is 0.490 e. The van der Waals surface area contributed by atoms with Crippen molar-refractivity contribution in [3.63, 3.8) is 0 Å². The molecule has 1 aliphatic rings. The number of hydrogen-bond acceptors (Lipinski definition) is 5. The summed E-state index contributed by atoms with van der Waals surface area (Å²) >= 11 is 0. The molecule has 0 bridgehead atoms. The van der Waals surface area contributed by atoms with Gasteiger partial charge in [-0.15, -0.1) is 0 Å². The Kier molecular flexibility index (Phi) is 10.3. The maximum Gasteiger partial charge on any atom is 0.309 e. The van der Waals surface area contributed by atoms with Gasteiger partial charge in [-0.1, -0.05) is 6.07 Å². The van der Waals surface area contributed by atoms with Crippen LogP contribution in [0.4, 0.5) is 0 Å². The molecule has 2 rings (SSSR count). The third-order valence-corrected chi connectivity index (χ3v) is 5.02. The first-order valence-electron chi connectivity index (χ1n) is 11.2. The average molecular weight is 420 g/mol. The van der Waals surface area contributed by atoms with Crippen LogP contribution in [0.2, 0.25) is 0 Å². The van der Waals surface area contributed by atoms with E-state index in [1.165, 1.54) is 5.56 Å². The molecule has 0 amide bonds. The van der Waals surface area contributed by atoms with E-state index in [2.05, 4.69) is 23.2 Å². The third-order valence-electron chi connectivity index (χ3n) is 5.02. The Balaban J connectivity index is 1.95. The van der Waals surface area contributed by atoms with Crippen molar-refractivity contribution >= 4 is 11.9 Å². The van der Waals surface area contributed by atoms with Gasteiger partial charge < -0.3 is 24.4 Å². The second-order valence-electron chi connectivity index (χ2n) is 7.15. The van der Waals surface area contributed by atoms with Gasteiger partial charge in [0.15, 0.2) is 17.5 Å². The molecule has 7 heteroatoms.